The summed E-state index contributed by atoms with van der Waals surface area (Å²) in [6, 6.07) is 6.76. The summed E-state index contributed by atoms with van der Waals surface area (Å²) in [4.78, 5) is 15.0. The van der Waals surface area contributed by atoms with E-state index < -0.39 is 11.6 Å². The highest BCUT2D eigenvalue weighted by Gasteiger charge is 2.37. The molecular weight excluding hydrogens is 388 g/mol. The zero-order valence-electron chi connectivity index (χ0n) is 14.4. The number of hydrogen-bond acceptors (Lipinski definition) is 4. The number of hydrogen-bond donors (Lipinski definition) is 0. The Labute approximate surface area is 165 Å². The molecule has 2 aromatic rings. The van der Waals surface area contributed by atoms with Gasteiger partial charge in [0.2, 0.25) is 0 Å². The molecule has 1 aromatic heterocycles. The van der Waals surface area contributed by atoms with Gasteiger partial charge in [0.05, 0.1) is 10.5 Å². The average Bonchev–Trinajstić information content (AvgIpc) is 3.21. The first-order valence-corrected chi connectivity index (χ1v) is 10.1. The normalized spacial score (nSPS) is 20.1. The van der Waals surface area contributed by atoms with Crippen molar-refractivity contribution in [1.82, 2.24) is 4.90 Å². The number of halogens is 2. The molecule has 0 unspecified atom stereocenters. The van der Waals surface area contributed by atoms with Crippen LogP contribution in [0.5, 0.6) is 0 Å². The van der Waals surface area contributed by atoms with E-state index in [1.807, 2.05) is 0 Å². The van der Waals surface area contributed by atoms with Crippen molar-refractivity contribution in [2.75, 3.05) is 0 Å². The molecule has 1 aliphatic carbocycles. The molecule has 0 N–H and O–H groups in total. The number of furan rings is 1. The van der Waals surface area contributed by atoms with E-state index in [1.165, 1.54) is 30.3 Å². The summed E-state index contributed by atoms with van der Waals surface area (Å²) in [5.41, 5.74) is 0.172. The molecule has 2 fully saturated rings. The molecule has 3 nitrogen and oxygen atoms in total. The van der Waals surface area contributed by atoms with Gasteiger partial charge >= 0.3 is 0 Å². The van der Waals surface area contributed by atoms with Gasteiger partial charge in [-0.3, -0.25) is 9.69 Å². The van der Waals surface area contributed by atoms with E-state index in [-0.39, 0.29) is 23.3 Å². The van der Waals surface area contributed by atoms with Crippen molar-refractivity contribution < 1.29 is 18.0 Å². The number of rotatable bonds is 3. The Hall–Kier alpha value is -1.99. The third-order valence-corrected chi connectivity index (χ3v) is 6.19. The van der Waals surface area contributed by atoms with Gasteiger partial charge in [-0.25, -0.2) is 8.78 Å². The Bertz CT molecular complexity index is 932. The summed E-state index contributed by atoms with van der Waals surface area (Å²) in [6.07, 6.45) is 7.03. The Balaban J connectivity index is 1.56. The van der Waals surface area contributed by atoms with Crippen molar-refractivity contribution in [3.63, 3.8) is 0 Å². The Kier molecular flexibility index (Phi) is 5.14. The molecule has 4 rings (SSSR count). The second-order valence-electron chi connectivity index (χ2n) is 6.67. The monoisotopic (exact) mass is 405 g/mol. The molecule has 1 aliphatic heterocycles. The quantitative estimate of drug-likeness (QED) is 0.480. The van der Waals surface area contributed by atoms with Crippen LogP contribution in [0.3, 0.4) is 0 Å². The van der Waals surface area contributed by atoms with Crippen LogP contribution in [0.25, 0.3) is 17.4 Å². The zero-order chi connectivity index (χ0) is 19.0. The molecule has 1 amide bonds. The highest BCUT2D eigenvalue weighted by molar-refractivity contribution is 8.26. The summed E-state index contributed by atoms with van der Waals surface area (Å²) in [7, 11) is 0. The van der Waals surface area contributed by atoms with Crippen LogP contribution < -0.4 is 0 Å². The molecule has 2 heterocycles. The predicted molar refractivity (Wildman–Crippen MR) is 106 cm³/mol. The molecule has 0 radical (unpaired) electrons. The SMILES string of the molecule is O=C1/C(=C/c2ccc(-c3ccc(F)cc3F)o2)SC(=S)N1C1CCCCC1. The summed E-state index contributed by atoms with van der Waals surface area (Å²) < 4.78 is 33.2. The molecule has 1 aromatic carbocycles. The van der Waals surface area contributed by atoms with Crippen LogP contribution in [0.1, 0.15) is 37.9 Å². The lowest BCUT2D eigenvalue weighted by atomic mass is 9.94. The van der Waals surface area contributed by atoms with Crippen LogP contribution in [0.2, 0.25) is 0 Å². The maximum absolute atomic E-state index is 13.9. The standard InChI is InChI=1S/C20H17F2NO2S2/c21-12-6-8-15(16(22)10-12)17-9-7-14(25-17)11-18-19(24)23(20(26)27-18)13-4-2-1-3-5-13/h6-11,13H,1-5H2/b18-11-. The Morgan fingerprint density at radius 1 is 1.15 bits per heavy atom. The third-order valence-electron chi connectivity index (χ3n) is 4.86. The lowest BCUT2D eigenvalue weighted by Crippen LogP contribution is -2.39. The second-order valence-corrected chi connectivity index (χ2v) is 8.35. The van der Waals surface area contributed by atoms with Crippen LogP contribution in [-0.4, -0.2) is 21.2 Å². The first-order valence-electron chi connectivity index (χ1n) is 8.85. The molecule has 1 saturated heterocycles. The van der Waals surface area contributed by atoms with Gasteiger partial charge < -0.3 is 4.42 Å². The van der Waals surface area contributed by atoms with Crippen molar-refractivity contribution in [1.29, 1.82) is 0 Å². The molecule has 0 bridgehead atoms. The van der Waals surface area contributed by atoms with Gasteiger partial charge in [-0.1, -0.05) is 43.2 Å². The number of benzene rings is 1. The van der Waals surface area contributed by atoms with Gasteiger partial charge in [0, 0.05) is 18.2 Å². The first kappa shape index (κ1) is 18.4. The summed E-state index contributed by atoms with van der Waals surface area (Å²) in [6.45, 7) is 0. The minimum absolute atomic E-state index is 0.0946. The first-order chi connectivity index (χ1) is 13.0. The predicted octanol–water partition coefficient (Wildman–Crippen LogP) is 5.76. The van der Waals surface area contributed by atoms with Crippen LogP contribution in [0.15, 0.2) is 39.7 Å². The number of thioether (sulfide) groups is 1. The number of carbonyl (C=O) groups excluding carboxylic acids is 1. The summed E-state index contributed by atoms with van der Waals surface area (Å²) in [5.74, 6) is -0.726. The minimum Gasteiger partial charge on any atom is -0.457 e. The van der Waals surface area contributed by atoms with E-state index in [0.29, 0.717) is 15.0 Å². The fraction of sp³-hybridized carbons (Fsp3) is 0.300. The molecule has 7 heteroatoms. The summed E-state index contributed by atoms with van der Waals surface area (Å²) in [5, 5.41) is 0. The van der Waals surface area contributed by atoms with Crippen LogP contribution in [-0.2, 0) is 4.79 Å². The van der Waals surface area contributed by atoms with Crippen molar-refractivity contribution in [2.45, 2.75) is 38.1 Å². The lowest BCUT2D eigenvalue weighted by molar-refractivity contribution is -0.124. The lowest BCUT2D eigenvalue weighted by Gasteiger charge is -2.29. The topological polar surface area (TPSA) is 33.5 Å². The van der Waals surface area contributed by atoms with E-state index in [4.69, 9.17) is 16.6 Å². The average molecular weight is 405 g/mol. The fourth-order valence-corrected chi connectivity index (χ4v) is 4.91. The van der Waals surface area contributed by atoms with E-state index >= 15 is 0 Å². The molecule has 2 aliphatic rings. The van der Waals surface area contributed by atoms with Gasteiger partial charge in [0.25, 0.3) is 5.91 Å². The van der Waals surface area contributed by atoms with Crippen LogP contribution in [0.4, 0.5) is 8.78 Å². The molecule has 0 spiro atoms. The van der Waals surface area contributed by atoms with E-state index in [1.54, 1.807) is 23.1 Å². The third kappa shape index (κ3) is 3.71. The molecule has 140 valence electrons. The highest BCUT2D eigenvalue weighted by atomic mass is 32.2. The van der Waals surface area contributed by atoms with Crippen molar-refractivity contribution >= 4 is 40.3 Å². The number of amides is 1. The number of nitrogens with zero attached hydrogens (tertiary/aromatic N) is 1. The Morgan fingerprint density at radius 2 is 1.93 bits per heavy atom. The summed E-state index contributed by atoms with van der Waals surface area (Å²) >= 11 is 6.68. The van der Waals surface area contributed by atoms with Crippen LogP contribution >= 0.6 is 24.0 Å². The van der Waals surface area contributed by atoms with Gasteiger partial charge in [0.1, 0.15) is 27.5 Å². The largest absolute Gasteiger partial charge is 0.457 e. The number of thiocarbonyl (C=S) groups is 1. The van der Waals surface area contributed by atoms with Crippen molar-refractivity contribution in [3.05, 3.63) is 52.6 Å². The van der Waals surface area contributed by atoms with Gasteiger partial charge in [-0.15, -0.1) is 0 Å². The minimum atomic E-state index is -0.695. The van der Waals surface area contributed by atoms with Gasteiger partial charge in [-0.05, 0) is 37.1 Å². The molecule has 27 heavy (non-hydrogen) atoms. The Morgan fingerprint density at radius 3 is 2.67 bits per heavy atom. The molecular formula is C20H17F2NO2S2. The van der Waals surface area contributed by atoms with Crippen molar-refractivity contribution in [3.8, 4) is 11.3 Å². The molecule has 1 saturated carbocycles. The smallest absolute Gasteiger partial charge is 0.266 e. The fourth-order valence-electron chi connectivity index (χ4n) is 3.53. The van der Waals surface area contributed by atoms with Crippen LogP contribution in [0, 0.1) is 11.6 Å². The van der Waals surface area contributed by atoms with E-state index in [2.05, 4.69) is 0 Å². The van der Waals surface area contributed by atoms with Gasteiger partial charge in [-0.2, -0.15) is 0 Å². The maximum atomic E-state index is 13.9. The number of carbonyl (C=O) groups is 1. The zero-order valence-corrected chi connectivity index (χ0v) is 16.0. The van der Waals surface area contributed by atoms with E-state index in [0.717, 1.165) is 31.7 Å². The second kappa shape index (κ2) is 7.56. The highest BCUT2D eigenvalue weighted by Crippen LogP contribution is 2.38. The van der Waals surface area contributed by atoms with Gasteiger partial charge in [0.15, 0.2) is 0 Å². The molecule has 0 atom stereocenters. The van der Waals surface area contributed by atoms with Crippen molar-refractivity contribution in [2.24, 2.45) is 0 Å². The maximum Gasteiger partial charge on any atom is 0.266 e. The van der Waals surface area contributed by atoms with E-state index in [9.17, 15) is 13.6 Å².